The van der Waals surface area contributed by atoms with Gasteiger partial charge in [-0.1, -0.05) is 19.1 Å². The summed E-state index contributed by atoms with van der Waals surface area (Å²) >= 11 is 0. The number of pyridine rings is 1. The molecule has 1 saturated carbocycles. The molecule has 2 aliphatic carbocycles. The molecule has 6 heteroatoms. The SMILES string of the molecule is CCC12CC(C)(O)C(O)(c3ccccn3)C[C@H]1CCc1cc(OCC(N)=O)ccc12. The van der Waals surface area contributed by atoms with Crippen LogP contribution in [0.3, 0.4) is 0 Å². The minimum atomic E-state index is -1.39. The number of fused-ring (bicyclic) bond motifs is 3. The molecule has 2 aromatic rings. The van der Waals surface area contributed by atoms with Crippen molar-refractivity contribution in [3.63, 3.8) is 0 Å². The molecule has 0 bridgehead atoms. The van der Waals surface area contributed by atoms with E-state index in [2.05, 4.69) is 18.0 Å². The molecule has 1 aromatic carbocycles. The third-order valence-electron chi connectivity index (χ3n) is 7.35. The number of aliphatic hydroxyl groups is 2. The van der Waals surface area contributed by atoms with Crippen LogP contribution >= 0.6 is 0 Å². The van der Waals surface area contributed by atoms with Crippen molar-refractivity contribution in [3.05, 3.63) is 59.4 Å². The van der Waals surface area contributed by atoms with Crippen molar-refractivity contribution in [1.29, 1.82) is 0 Å². The Bertz CT molecular complexity index is 945. The van der Waals surface area contributed by atoms with Crippen molar-refractivity contribution in [2.45, 2.75) is 62.6 Å². The molecule has 30 heavy (non-hydrogen) atoms. The Morgan fingerprint density at radius 3 is 2.77 bits per heavy atom. The topological polar surface area (TPSA) is 106 Å². The average molecular weight is 411 g/mol. The van der Waals surface area contributed by atoms with E-state index in [1.54, 1.807) is 19.2 Å². The lowest BCUT2D eigenvalue weighted by atomic mass is 9.49. The summed E-state index contributed by atoms with van der Waals surface area (Å²) in [6.45, 7) is 3.74. The standard InChI is InChI=1S/C24H30N2O4/c1-3-23-15-22(2,28)24(29,20-6-4-5-11-26-20)13-17(23)8-7-16-12-18(9-10-19(16)23)30-14-21(25)27/h4-6,9-12,17,28-29H,3,7-8,13-15H2,1-2H3,(H2,25,27)/t17-,22?,23?,24?/m1/s1. The van der Waals surface area contributed by atoms with Gasteiger partial charge in [-0.15, -0.1) is 0 Å². The molecule has 0 saturated heterocycles. The summed E-state index contributed by atoms with van der Waals surface area (Å²) in [4.78, 5) is 15.4. The van der Waals surface area contributed by atoms with Gasteiger partial charge in [-0.3, -0.25) is 9.78 Å². The Morgan fingerprint density at radius 2 is 2.10 bits per heavy atom. The van der Waals surface area contributed by atoms with Gasteiger partial charge in [0.25, 0.3) is 5.91 Å². The number of benzene rings is 1. The molecular formula is C24H30N2O4. The van der Waals surface area contributed by atoms with Crippen molar-refractivity contribution in [2.75, 3.05) is 6.61 Å². The van der Waals surface area contributed by atoms with E-state index in [1.807, 2.05) is 24.3 Å². The molecule has 1 fully saturated rings. The van der Waals surface area contributed by atoms with Crippen LogP contribution in [0, 0.1) is 5.92 Å². The Balaban J connectivity index is 1.72. The number of nitrogens with zero attached hydrogens (tertiary/aromatic N) is 1. The second kappa shape index (κ2) is 7.36. The molecule has 1 heterocycles. The molecule has 6 nitrogen and oxygen atoms in total. The molecule has 4 N–H and O–H groups in total. The number of primary amides is 1. The quantitative estimate of drug-likeness (QED) is 0.703. The van der Waals surface area contributed by atoms with E-state index in [9.17, 15) is 15.0 Å². The summed E-state index contributed by atoms with van der Waals surface area (Å²) in [5.74, 6) is 0.347. The minimum absolute atomic E-state index is 0.147. The van der Waals surface area contributed by atoms with Crippen LogP contribution in [0.4, 0.5) is 0 Å². The Hall–Kier alpha value is -2.44. The summed E-state index contributed by atoms with van der Waals surface area (Å²) < 4.78 is 5.50. The zero-order chi connectivity index (χ0) is 21.6. The van der Waals surface area contributed by atoms with Crippen molar-refractivity contribution < 1.29 is 19.7 Å². The number of hydrogen-bond donors (Lipinski definition) is 3. The molecule has 1 aromatic heterocycles. The predicted molar refractivity (Wildman–Crippen MR) is 113 cm³/mol. The van der Waals surface area contributed by atoms with Gasteiger partial charge >= 0.3 is 0 Å². The van der Waals surface area contributed by atoms with Gasteiger partial charge < -0.3 is 20.7 Å². The number of carbonyl (C=O) groups is 1. The van der Waals surface area contributed by atoms with Gasteiger partial charge in [0.2, 0.25) is 0 Å². The fourth-order valence-corrected chi connectivity index (χ4v) is 5.80. The second-order valence-corrected chi connectivity index (χ2v) is 9.05. The number of nitrogens with two attached hydrogens (primary N) is 1. The molecule has 0 radical (unpaired) electrons. The summed E-state index contributed by atoms with van der Waals surface area (Å²) in [6, 6.07) is 11.4. The number of ether oxygens (including phenoxy) is 1. The van der Waals surface area contributed by atoms with Crippen LogP contribution in [0.5, 0.6) is 5.75 Å². The average Bonchev–Trinajstić information content (AvgIpc) is 2.73. The van der Waals surface area contributed by atoms with E-state index < -0.39 is 17.1 Å². The van der Waals surface area contributed by atoms with E-state index in [0.29, 0.717) is 24.3 Å². The normalized spacial score (nSPS) is 32.7. The highest BCUT2D eigenvalue weighted by molar-refractivity contribution is 5.75. The largest absolute Gasteiger partial charge is 0.484 e. The number of carbonyl (C=O) groups excluding carboxylic acids is 1. The second-order valence-electron chi connectivity index (χ2n) is 9.05. The first-order valence-corrected chi connectivity index (χ1v) is 10.6. The van der Waals surface area contributed by atoms with Crippen molar-refractivity contribution in [2.24, 2.45) is 11.7 Å². The Labute approximate surface area is 177 Å². The van der Waals surface area contributed by atoms with Crippen molar-refractivity contribution >= 4 is 5.91 Å². The maximum Gasteiger partial charge on any atom is 0.255 e. The lowest BCUT2D eigenvalue weighted by Gasteiger charge is -2.58. The van der Waals surface area contributed by atoms with Crippen LogP contribution in [0.15, 0.2) is 42.6 Å². The van der Waals surface area contributed by atoms with Crippen LogP contribution in [0.1, 0.15) is 56.4 Å². The summed E-state index contributed by atoms with van der Waals surface area (Å²) in [7, 11) is 0. The third kappa shape index (κ3) is 3.19. The number of aryl methyl sites for hydroxylation is 1. The molecule has 3 unspecified atom stereocenters. The minimum Gasteiger partial charge on any atom is -0.484 e. The molecule has 2 aliphatic rings. The molecule has 1 amide bonds. The third-order valence-corrected chi connectivity index (χ3v) is 7.35. The number of rotatable bonds is 5. The van der Waals surface area contributed by atoms with E-state index in [0.717, 1.165) is 19.3 Å². The maximum atomic E-state index is 11.7. The van der Waals surface area contributed by atoms with Gasteiger partial charge in [0.1, 0.15) is 11.4 Å². The Morgan fingerprint density at radius 1 is 1.30 bits per heavy atom. The highest BCUT2D eigenvalue weighted by Crippen LogP contribution is 2.59. The van der Waals surface area contributed by atoms with E-state index in [4.69, 9.17) is 10.5 Å². The number of aromatic nitrogens is 1. The monoisotopic (exact) mass is 410 g/mol. The van der Waals surface area contributed by atoms with Gasteiger partial charge in [-0.05, 0) is 80.3 Å². The predicted octanol–water partition coefficient (Wildman–Crippen LogP) is 2.59. The number of amides is 1. The fraction of sp³-hybridized carbons (Fsp3) is 0.500. The smallest absolute Gasteiger partial charge is 0.255 e. The Kier molecular flexibility index (Phi) is 5.11. The lowest BCUT2D eigenvalue weighted by Crippen LogP contribution is -2.62. The van der Waals surface area contributed by atoms with Crippen LogP contribution in [-0.4, -0.2) is 33.3 Å². The summed E-state index contributed by atoms with van der Waals surface area (Å²) in [5, 5.41) is 23.2. The van der Waals surface area contributed by atoms with Crippen molar-refractivity contribution in [3.8, 4) is 5.75 Å². The zero-order valence-corrected chi connectivity index (χ0v) is 17.6. The van der Waals surface area contributed by atoms with E-state index in [1.165, 1.54) is 11.1 Å². The molecule has 4 rings (SSSR count). The lowest BCUT2D eigenvalue weighted by molar-refractivity contribution is -0.207. The zero-order valence-electron chi connectivity index (χ0n) is 17.6. The molecule has 0 aliphatic heterocycles. The van der Waals surface area contributed by atoms with Crippen LogP contribution in [-0.2, 0) is 22.2 Å². The van der Waals surface area contributed by atoms with Gasteiger partial charge in [-0.25, -0.2) is 0 Å². The molecule has 0 spiro atoms. The highest BCUT2D eigenvalue weighted by atomic mass is 16.5. The van der Waals surface area contributed by atoms with E-state index >= 15 is 0 Å². The van der Waals surface area contributed by atoms with Crippen LogP contribution in [0.2, 0.25) is 0 Å². The summed E-state index contributed by atoms with van der Waals surface area (Å²) in [5.41, 5.74) is 5.14. The first kappa shape index (κ1) is 20.8. The van der Waals surface area contributed by atoms with Crippen LogP contribution < -0.4 is 10.5 Å². The van der Waals surface area contributed by atoms with Gasteiger partial charge in [0, 0.05) is 11.6 Å². The fourth-order valence-electron chi connectivity index (χ4n) is 5.80. The summed E-state index contributed by atoms with van der Waals surface area (Å²) in [6.07, 6.45) is 5.20. The van der Waals surface area contributed by atoms with Crippen molar-refractivity contribution in [1.82, 2.24) is 4.98 Å². The molecule has 160 valence electrons. The van der Waals surface area contributed by atoms with E-state index in [-0.39, 0.29) is 17.9 Å². The molecular weight excluding hydrogens is 380 g/mol. The van der Waals surface area contributed by atoms with Crippen LogP contribution in [0.25, 0.3) is 0 Å². The van der Waals surface area contributed by atoms with Gasteiger partial charge in [0.15, 0.2) is 6.61 Å². The maximum absolute atomic E-state index is 11.7. The first-order valence-electron chi connectivity index (χ1n) is 10.6. The number of hydrogen-bond acceptors (Lipinski definition) is 5. The molecule has 4 atom stereocenters. The van der Waals surface area contributed by atoms with Gasteiger partial charge in [0.05, 0.1) is 11.3 Å². The van der Waals surface area contributed by atoms with Gasteiger partial charge in [-0.2, -0.15) is 0 Å². The highest BCUT2D eigenvalue weighted by Gasteiger charge is 2.61. The first-order chi connectivity index (χ1) is 14.2.